The van der Waals surface area contributed by atoms with Gasteiger partial charge in [-0.1, -0.05) is 6.07 Å². The molecule has 0 aliphatic heterocycles. The first kappa shape index (κ1) is 17.5. The molecule has 1 aromatic carbocycles. The molecule has 6 nitrogen and oxygen atoms in total. The summed E-state index contributed by atoms with van der Waals surface area (Å²) in [5.41, 5.74) is 0.759. The van der Waals surface area contributed by atoms with Crippen LogP contribution >= 0.6 is 0 Å². The van der Waals surface area contributed by atoms with Crippen molar-refractivity contribution in [2.45, 2.75) is 26.4 Å². The highest BCUT2D eigenvalue weighted by Gasteiger charge is 2.18. The Labute approximate surface area is 140 Å². The predicted molar refractivity (Wildman–Crippen MR) is 90.5 cm³/mol. The van der Waals surface area contributed by atoms with Gasteiger partial charge in [-0.3, -0.25) is 0 Å². The van der Waals surface area contributed by atoms with Crippen LogP contribution in [0.3, 0.4) is 0 Å². The maximum absolute atomic E-state index is 12.1. The van der Waals surface area contributed by atoms with Crippen molar-refractivity contribution in [2.75, 3.05) is 12.4 Å². The topological polar surface area (TPSA) is 77.5 Å². The number of benzene rings is 1. The third-order valence-corrected chi connectivity index (χ3v) is 2.97. The van der Waals surface area contributed by atoms with Crippen molar-refractivity contribution in [2.24, 2.45) is 0 Å². The molecule has 0 bridgehead atoms. The first-order valence-electron chi connectivity index (χ1n) is 7.44. The summed E-state index contributed by atoms with van der Waals surface area (Å²) in [5.74, 6) is -0.556. The summed E-state index contributed by atoms with van der Waals surface area (Å²) in [6, 6.07) is 10.1. The van der Waals surface area contributed by atoms with Crippen LogP contribution in [0.25, 0.3) is 0 Å². The monoisotopic (exact) mass is 328 g/mol. The number of hydrogen-bond donors (Lipinski definition) is 1. The van der Waals surface area contributed by atoms with E-state index in [2.05, 4.69) is 10.3 Å². The van der Waals surface area contributed by atoms with E-state index in [-0.39, 0.29) is 0 Å². The molecule has 0 spiro atoms. The van der Waals surface area contributed by atoms with Crippen LogP contribution in [0.4, 0.5) is 11.5 Å². The predicted octanol–water partition coefficient (Wildman–Crippen LogP) is 3.57. The molecule has 0 atom stereocenters. The minimum absolute atomic E-state index is 0.308. The highest BCUT2D eigenvalue weighted by Crippen LogP contribution is 2.21. The lowest BCUT2D eigenvalue weighted by atomic mass is 10.1. The highest BCUT2D eigenvalue weighted by molar-refractivity contribution is 5.95. The van der Waals surface area contributed by atoms with Gasteiger partial charge in [0.05, 0.1) is 12.7 Å². The van der Waals surface area contributed by atoms with Gasteiger partial charge in [-0.2, -0.15) is 0 Å². The van der Waals surface area contributed by atoms with Gasteiger partial charge < -0.3 is 14.8 Å². The molecule has 0 unspecified atom stereocenters. The Bertz CT molecular complexity index is 751. The number of ether oxygens (including phenoxy) is 2. The molecule has 0 saturated carbocycles. The van der Waals surface area contributed by atoms with Crippen LogP contribution in [0.5, 0.6) is 0 Å². The van der Waals surface area contributed by atoms with Crippen LogP contribution in [0.2, 0.25) is 0 Å². The fourth-order valence-electron chi connectivity index (χ4n) is 1.98. The van der Waals surface area contributed by atoms with Crippen LogP contribution in [-0.2, 0) is 9.47 Å². The van der Waals surface area contributed by atoms with Crippen LogP contribution in [0.1, 0.15) is 41.5 Å². The largest absolute Gasteiger partial charge is 0.465 e. The van der Waals surface area contributed by atoms with Crippen LogP contribution in [-0.4, -0.2) is 29.6 Å². The molecule has 24 heavy (non-hydrogen) atoms. The van der Waals surface area contributed by atoms with Crippen molar-refractivity contribution in [1.29, 1.82) is 0 Å². The van der Waals surface area contributed by atoms with Crippen LogP contribution < -0.4 is 5.32 Å². The minimum atomic E-state index is -0.570. The van der Waals surface area contributed by atoms with Crippen LogP contribution in [0.15, 0.2) is 42.6 Å². The van der Waals surface area contributed by atoms with E-state index in [4.69, 9.17) is 9.47 Å². The average Bonchev–Trinajstić information content (AvgIpc) is 2.53. The number of carbonyl (C=O) groups excluding carboxylic acids is 2. The smallest absolute Gasteiger partial charge is 0.341 e. The molecule has 0 aliphatic rings. The van der Waals surface area contributed by atoms with E-state index < -0.39 is 17.5 Å². The van der Waals surface area contributed by atoms with E-state index in [0.29, 0.717) is 22.6 Å². The number of anilines is 2. The van der Waals surface area contributed by atoms with E-state index in [1.165, 1.54) is 7.11 Å². The Morgan fingerprint density at radius 1 is 1.08 bits per heavy atom. The van der Waals surface area contributed by atoms with Gasteiger partial charge >= 0.3 is 11.9 Å². The van der Waals surface area contributed by atoms with Crippen molar-refractivity contribution in [1.82, 2.24) is 4.98 Å². The highest BCUT2D eigenvalue weighted by atomic mass is 16.6. The van der Waals surface area contributed by atoms with Gasteiger partial charge in [0.2, 0.25) is 0 Å². The molecule has 0 saturated heterocycles. The molecule has 126 valence electrons. The average molecular weight is 328 g/mol. The number of nitrogens with one attached hydrogen (secondary N) is 1. The quantitative estimate of drug-likeness (QED) is 0.865. The zero-order valence-corrected chi connectivity index (χ0v) is 14.1. The number of esters is 2. The Kier molecular flexibility index (Phi) is 5.18. The Balaban J connectivity index is 2.25. The van der Waals surface area contributed by atoms with Crippen molar-refractivity contribution in [3.8, 4) is 0 Å². The zero-order valence-electron chi connectivity index (χ0n) is 14.1. The standard InChI is InChI=1S/C18H20N2O4/c1-18(2,3)24-16(21)12-7-5-8-13(11-12)20-15-14(17(22)23-4)9-6-10-19-15/h5-11H,1-4H3,(H,19,20). The van der Waals surface area contributed by atoms with Gasteiger partial charge in [0, 0.05) is 11.9 Å². The second-order valence-electron chi connectivity index (χ2n) is 6.10. The van der Waals surface area contributed by atoms with Crippen molar-refractivity contribution in [3.05, 3.63) is 53.7 Å². The number of hydrogen-bond acceptors (Lipinski definition) is 6. The molecule has 0 radical (unpaired) electrons. The molecule has 0 amide bonds. The van der Waals surface area contributed by atoms with Gasteiger partial charge in [0.1, 0.15) is 17.0 Å². The molecular formula is C18H20N2O4. The number of aromatic nitrogens is 1. The number of carbonyl (C=O) groups is 2. The summed E-state index contributed by atoms with van der Waals surface area (Å²) in [5, 5.41) is 3.03. The number of methoxy groups -OCH3 is 1. The number of nitrogens with zero attached hydrogens (tertiary/aromatic N) is 1. The minimum Gasteiger partial charge on any atom is -0.465 e. The fourth-order valence-corrected chi connectivity index (χ4v) is 1.98. The van der Waals surface area contributed by atoms with Gasteiger partial charge in [0.15, 0.2) is 0 Å². The van der Waals surface area contributed by atoms with Gasteiger partial charge in [-0.15, -0.1) is 0 Å². The Morgan fingerprint density at radius 3 is 2.50 bits per heavy atom. The Morgan fingerprint density at radius 2 is 1.83 bits per heavy atom. The molecule has 0 fully saturated rings. The summed E-state index contributed by atoms with van der Waals surface area (Å²) < 4.78 is 10.1. The molecule has 2 rings (SSSR count). The van der Waals surface area contributed by atoms with Gasteiger partial charge in [0.25, 0.3) is 0 Å². The molecule has 2 aromatic rings. The van der Waals surface area contributed by atoms with Gasteiger partial charge in [-0.05, 0) is 51.1 Å². The molecule has 1 N–H and O–H groups in total. The lowest BCUT2D eigenvalue weighted by molar-refractivity contribution is 0.00694. The molecule has 0 aliphatic carbocycles. The van der Waals surface area contributed by atoms with Crippen molar-refractivity contribution >= 4 is 23.4 Å². The summed E-state index contributed by atoms with van der Waals surface area (Å²) in [6.45, 7) is 5.43. The van der Waals surface area contributed by atoms with E-state index in [1.807, 2.05) is 20.8 Å². The van der Waals surface area contributed by atoms with E-state index in [9.17, 15) is 9.59 Å². The Hall–Kier alpha value is -2.89. The maximum atomic E-state index is 12.1. The number of rotatable bonds is 4. The summed E-state index contributed by atoms with van der Waals surface area (Å²) in [7, 11) is 1.31. The fraction of sp³-hybridized carbons (Fsp3) is 0.278. The first-order chi connectivity index (χ1) is 11.3. The van der Waals surface area contributed by atoms with Gasteiger partial charge in [-0.25, -0.2) is 14.6 Å². The summed E-state index contributed by atoms with van der Waals surface area (Å²) in [6.07, 6.45) is 1.56. The third kappa shape index (κ3) is 4.55. The second kappa shape index (κ2) is 7.12. The molecule has 6 heteroatoms. The molecular weight excluding hydrogens is 308 g/mol. The lowest BCUT2D eigenvalue weighted by Gasteiger charge is -2.19. The number of pyridine rings is 1. The third-order valence-electron chi connectivity index (χ3n) is 2.97. The maximum Gasteiger partial charge on any atom is 0.341 e. The molecule has 1 aromatic heterocycles. The molecule has 1 heterocycles. The van der Waals surface area contributed by atoms with Crippen LogP contribution in [0, 0.1) is 0 Å². The van der Waals surface area contributed by atoms with Crippen molar-refractivity contribution in [3.63, 3.8) is 0 Å². The van der Waals surface area contributed by atoms with E-state index in [0.717, 1.165) is 0 Å². The summed E-state index contributed by atoms with van der Waals surface area (Å²) in [4.78, 5) is 28.1. The second-order valence-corrected chi connectivity index (χ2v) is 6.10. The zero-order chi connectivity index (χ0) is 17.7. The van der Waals surface area contributed by atoms with E-state index in [1.54, 1.807) is 42.6 Å². The van der Waals surface area contributed by atoms with Crippen molar-refractivity contribution < 1.29 is 19.1 Å². The normalized spacial score (nSPS) is 10.8. The van der Waals surface area contributed by atoms with E-state index >= 15 is 0 Å². The SMILES string of the molecule is COC(=O)c1cccnc1Nc1cccc(C(=O)OC(C)(C)C)c1. The lowest BCUT2D eigenvalue weighted by Crippen LogP contribution is -2.23. The first-order valence-corrected chi connectivity index (χ1v) is 7.44. The summed E-state index contributed by atoms with van der Waals surface area (Å²) >= 11 is 0.